The van der Waals surface area contributed by atoms with Crippen LogP contribution in [0.15, 0.2) is 30.7 Å². The highest BCUT2D eigenvalue weighted by atomic mass is 16.5. The van der Waals surface area contributed by atoms with Gasteiger partial charge in [-0.3, -0.25) is 9.48 Å². The van der Waals surface area contributed by atoms with E-state index in [4.69, 9.17) is 4.74 Å². The Labute approximate surface area is 123 Å². The summed E-state index contributed by atoms with van der Waals surface area (Å²) in [6, 6.07) is 3.43. The Bertz CT molecular complexity index is 569. The van der Waals surface area contributed by atoms with E-state index < -0.39 is 0 Å². The van der Waals surface area contributed by atoms with Crippen molar-refractivity contribution in [3.63, 3.8) is 0 Å². The second-order valence-electron chi connectivity index (χ2n) is 4.80. The zero-order chi connectivity index (χ0) is 15.1. The first-order valence-electron chi connectivity index (χ1n) is 6.91. The Balaban J connectivity index is 1.85. The Kier molecular flexibility index (Phi) is 5.25. The molecule has 0 aromatic carbocycles. The van der Waals surface area contributed by atoms with Gasteiger partial charge in [0.25, 0.3) is 5.91 Å². The Morgan fingerprint density at radius 1 is 1.43 bits per heavy atom. The highest BCUT2D eigenvalue weighted by Crippen LogP contribution is 2.15. The molecule has 0 bridgehead atoms. The Morgan fingerprint density at radius 2 is 2.29 bits per heavy atom. The third kappa shape index (κ3) is 4.55. The SMILES string of the molecule is CC(C)Oc1ncccc1C(=O)NCCCn1ccnn1. The van der Waals surface area contributed by atoms with Gasteiger partial charge in [-0.15, -0.1) is 5.10 Å². The zero-order valence-electron chi connectivity index (χ0n) is 12.2. The molecular weight excluding hydrogens is 270 g/mol. The maximum absolute atomic E-state index is 12.1. The summed E-state index contributed by atoms with van der Waals surface area (Å²) in [4.78, 5) is 16.2. The van der Waals surface area contributed by atoms with Crippen LogP contribution in [-0.4, -0.2) is 38.5 Å². The fourth-order valence-corrected chi connectivity index (χ4v) is 1.77. The molecule has 1 N–H and O–H groups in total. The van der Waals surface area contributed by atoms with Crippen LogP contribution in [0, 0.1) is 0 Å². The molecule has 0 unspecified atom stereocenters. The molecule has 2 aromatic heterocycles. The molecule has 0 radical (unpaired) electrons. The van der Waals surface area contributed by atoms with Crippen molar-refractivity contribution in [2.24, 2.45) is 0 Å². The standard InChI is InChI=1S/C14H19N5O2/c1-11(2)21-14-12(5-3-6-16-14)13(20)15-7-4-9-19-10-8-17-18-19/h3,5-6,8,10-11H,4,7,9H2,1-2H3,(H,15,20). The van der Waals surface area contributed by atoms with Gasteiger partial charge in [-0.2, -0.15) is 0 Å². The number of aromatic nitrogens is 4. The van der Waals surface area contributed by atoms with Crippen LogP contribution < -0.4 is 10.1 Å². The quantitative estimate of drug-likeness (QED) is 0.776. The van der Waals surface area contributed by atoms with E-state index >= 15 is 0 Å². The van der Waals surface area contributed by atoms with Crippen molar-refractivity contribution in [3.05, 3.63) is 36.3 Å². The fourth-order valence-electron chi connectivity index (χ4n) is 1.77. The molecule has 0 aliphatic rings. The smallest absolute Gasteiger partial charge is 0.256 e. The average molecular weight is 289 g/mol. The highest BCUT2D eigenvalue weighted by Gasteiger charge is 2.13. The lowest BCUT2D eigenvalue weighted by Crippen LogP contribution is -2.26. The molecule has 0 aliphatic heterocycles. The monoisotopic (exact) mass is 289 g/mol. The molecule has 0 saturated carbocycles. The molecule has 2 heterocycles. The largest absolute Gasteiger partial charge is 0.474 e. The van der Waals surface area contributed by atoms with Crippen LogP contribution in [0.1, 0.15) is 30.6 Å². The lowest BCUT2D eigenvalue weighted by atomic mass is 10.2. The molecular formula is C14H19N5O2. The summed E-state index contributed by atoms with van der Waals surface area (Å²) in [5.41, 5.74) is 0.451. The van der Waals surface area contributed by atoms with Crippen molar-refractivity contribution in [1.82, 2.24) is 25.3 Å². The second kappa shape index (κ2) is 7.37. The predicted octanol–water partition coefficient (Wildman–Crippen LogP) is 1.28. The van der Waals surface area contributed by atoms with Crippen LogP contribution in [0.5, 0.6) is 5.88 Å². The van der Waals surface area contributed by atoms with Gasteiger partial charge in [0.1, 0.15) is 5.56 Å². The van der Waals surface area contributed by atoms with E-state index in [-0.39, 0.29) is 12.0 Å². The third-order valence-corrected chi connectivity index (χ3v) is 2.68. The van der Waals surface area contributed by atoms with Crippen LogP contribution in [0.2, 0.25) is 0 Å². The molecule has 2 aromatic rings. The molecule has 0 aliphatic carbocycles. The van der Waals surface area contributed by atoms with E-state index in [0.29, 0.717) is 24.5 Å². The number of nitrogens with one attached hydrogen (secondary N) is 1. The van der Waals surface area contributed by atoms with E-state index in [2.05, 4.69) is 20.6 Å². The number of carbonyl (C=O) groups excluding carboxylic acids is 1. The number of pyridine rings is 1. The molecule has 7 heteroatoms. The van der Waals surface area contributed by atoms with Gasteiger partial charge in [-0.05, 0) is 32.4 Å². The van der Waals surface area contributed by atoms with Gasteiger partial charge < -0.3 is 10.1 Å². The van der Waals surface area contributed by atoms with E-state index in [1.54, 1.807) is 35.4 Å². The maximum Gasteiger partial charge on any atom is 0.256 e. The number of ether oxygens (including phenoxy) is 1. The van der Waals surface area contributed by atoms with Gasteiger partial charge in [-0.25, -0.2) is 4.98 Å². The van der Waals surface area contributed by atoms with Crippen molar-refractivity contribution < 1.29 is 9.53 Å². The Hall–Kier alpha value is -2.44. The molecule has 0 fully saturated rings. The summed E-state index contributed by atoms with van der Waals surface area (Å²) in [5.74, 6) is 0.179. The minimum Gasteiger partial charge on any atom is -0.474 e. The van der Waals surface area contributed by atoms with E-state index in [9.17, 15) is 4.79 Å². The van der Waals surface area contributed by atoms with Crippen LogP contribution in [0.4, 0.5) is 0 Å². The molecule has 112 valence electrons. The average Bonchev–Trinajstić information content (AvgIpc) is 2.96. The first kappa shape index (κ1) is 15.0. The van der Waals surface area contributed by atoms with Crippen molar-refractivity contribution in [2.45, 2.75) is 32.9 Å². The summed E-state index contributed by atoms with van der Waals surface area (Å²) >= 11 is 0. The number of aryl methyl sites for hydroxylation is 1. The topological polar surface area (TPSA) is 81.9 Å². The number of hydrogen-bond donors (Lipinski definition) is 1. The first-order valence-corrected chi connectivity index (χ1v) is 6.91. The van der Waals surface area contributed by atoms with Gasteiger partial charge in [0.15, 0.2) is 0 Å². The second-order valence-corrected chi connectivity index (χ2v) is 4.80. The molecule has 2 rings (SSSR count). The first-order chi connectivity index (χ1) is 10.2. The van der Waals surface area contributed by atoms with Crippen molar-refractivity contribution in [1.29, 1.82) is 0 Å². The molecule has 0 atom stereocenters. The fraction of sp³-hybridized carbons (Fsp3) is 0.429. The minimum atomic E-state index is -0.183. The van der Waals surface area contributed by atoms with Crippen LogP contribution in [-0.2, 0) is 6.54 Å². The molecule has 1 amide bonds. The van der Waals surface area contributed by atoms with Gasteiger partial charge in [0.2, 0.25) is 5.88 Å². The van der Waals surface area contributed by atoms with Crippen LogP contribution in [0.3, 0.4) is 0 Å². The Morgan fingerprint density at radius 3 is 3.00 bits per heavy atom. The maximum atomic E-state index is 12.1. The number of carbonyl (C=O) groups is 1. The lowest BCUT2D eigenvalue weighted by Gasteiger charge is -2.12. The highest BCUT2D eigenvalue weighted by molar-refractivity contribution is 5.96. The van der Waals surface area contributed by atoms with Gasteiger partial charge in [0, 0.05) is 25.5 Å². The summed E-state index contributed by atoms with van der Waals surface area (Å²) in [7, 11) is 0. The van der Waals surface area contributed by atoms with Crippen LogP contribution in [0.25, 0.3) is 0 Å². The zero-order valence-corrected chi connectivity index (χ0v) is 12.2. The molecule has 0 saturated heterocycles. The van der Waals surface area contributed by atoms with Gasteiger partial charge in [-0.1, -0.05) is 5.21 Å². The van der Waals surface area contributed by atoms with E-state index in [0.717, 1.165) is 6.42 Å². The number of rotatable bonds is 7. The van der Waals surface area contributed by atoms with Crippen LogP contribution >= 0.6 is 0 Å². The third-order valence-electron chi connectivity index (χ3n) is 2.68. The molecule has 21 heavy (non-hydrogen) atoms. The normalized spacial score (nSPS) is 10.6. The van der Waals surface area contributed by atoms with E-state index in [1.165, 1.54) is 0 Å². The van der Waals surface area contributed by atoms with Gasteiger partial charge in [0.05, 0.1) is 12.3 Å². The van der Waals surface area contributed by atoms with Crippen molar-refractivity contribution >= 4 is 5.91 Å². The number of nitrogens with zero attached hydrogens (tertiary/aromatic N) is 4. The summed E-state index contributed by atoms with van der Waals surface area (Å²) in [5, 5.41) is 10.4. The molecule has 7 nitrogen and oxygen atoms in total. The van der Waals surface area contributed by atoms with Crippen molar-refractivity contribution in [2.75, 3.05) is 6.54 Å². The predicted molar refractivity (Wildman–Crippen MR) is 77.0 cm³/mol. The number of hydrogen-bond acceptors (Lipinski definition) is 5. The molecule has 0 spiro atoms. The summed E-state index contributed by atoms with van der Waals surface area (Å²) < 4.78 is 7.26. The van der Waals surface area contributed by atoms with Gasteiger partial charge >= 0.3 is 0 Å². The summed E-state index contributed by atoms with van der Waals surface area (Å²) in [6.07, 6.45) is 5.77. The van der Waals surface area contributed by atoms with E-state index in [1.807, 2.05) is 13.8 Å². The van der Waals surface area contributed by atoms with Crippen molar-refractivity contribution in [3.8, 4) is 5.88 Å². The minimum absolute atomic E-state index is 0.0289. The number of amides is 1. The summed E-state index contributed by atoms with van der Waals surface area (Å²) in [6.45, 7) is 5.06. The lowest BCUT2D eigenvalue weighted by molar-refractivity contribution is 0.0945.